The zero-order chi connectivity index (χ0) is 17.9. The normalized spacial score (nSPS) is 10.7. The molecular formula is C21H17FN4. The van der Waals surface area contributed by atoms with Crippen LogP contribution in [0.25, 0.3) is 33.9 Å². The predicted molar refractivity (Wildman–Crippen MR) is 102 cm³/mol. The van der Waals surface area contributed by atoms with Gasteiger partial charge in [0.05, 0.1) is 11.4 Å². The first-order valence-corrected chi connectivity index (χ1v) is 8.29. The molecule has 0 bridgehead atoms. The molecule has 2 aromatic carbocycles. The molecule has 2 N–H and O–H groups in total. The highest BCUT2D eigenvalue weighted by Crippen LogP contribution is 2.33. The zero-order valence-electron chi connectivity index (χ0n) is 14.2. The number of pyridine rings is 1. The van der Waals surface area contributed by atoms with E-state index in [1.54, 1.807) is 24.5 Å². The second kappa shape index (κ2) is 6.80. The van der Waals surface area contributed by atoms with Gasteiger partial charge < -0.3 is 10.3 Å². The van der Waals surface area contributed by atoms with E-state index < -0.39 is 0 Å². The maximum Gasteiger partial charge on any atom is 0.138 e. The van der Waals surface area contributed by atoms with Crippen LogP contribution in [-0.4, -0.2) is 22.0 Å². The summed E-state index contributed by atoms with van der Waals surface area (Å²) in [7, 11) is 1.89. The molecule has 2 aromatic heterocycles. The number of rotatable bonds is 4. The molecule has 0 spiro atoms. The Bertz CT molecular complexity index is 1010. The fourth-order valence-corrected chi connectivity index (χ4v) is 2.85. The molecule has 0 aliphatic rings. The van der Waals surface area contributed by atoms with Crippen LogP contribution in [0.3, 0.4) is 0 Å². The summed E-state index contributed by atoms with van der Waals surface area (Å²) >= 11 is 0. The molecular weight excluding hydrogens is 327 g/mol. The third-order valence-electron chi connectivity index (χ3n) is 4.24. The van der Waals surface area contributed by atoms with Gasteiger partial charge in [-0.05, 0) is 60.7 Å². The summed E-state index contributed by atoms with van der Waals surface area (Å²) in [6.45, 7) is 0. The predicted octanol–water partition coefficient (Wildman–Crippen LogP) is 4.99. The minimum absolute atomic E-state index is 0.266. The number of imidazole rings is 1. The Morgan fingerprint density at radius 3 is 2.12 bits per heavy atom. The maximum atomic E-state index is 13.3. The second-order valence-corrected chi connectivity index (χ2v) is 5.88. The van der Waals surface area contributed by atoms with Gasteiger partial charge in [0.1, 0.15) is 11.6 Å². The summed E-state index contributed by atoms with van der Waals surface area (Å²) in [6, 6.07) is 18.2. The Morgan fingerprint density at radius 2 is 1.46 bits per heavy atom. The first-order valence-electron chi connectivity index (χ1n) is 8.29. The Balaban J connectivity index is 1.85. The molecule has 0 amide bonds. The van der Waals surface area contributed by atoms with Crippen LogP contribution in [0.1, 0.15) is 0 Å². The van der Waals surface area contributed by atoms with E-state index in [1.165, 1.54) is 12.1 Å². The highest BCUT2D eigenvalue weighted by atomic mass is 19.1. The second-order valence-electron chi connectivity index (χ2n) is 5.88. The summed E-state index contributed by atoms with van der Waals surface area (Å²) in [4.78, 5) is 12.3. The van der Waals surface area contributed by atoms with Gasteiger partial charge in [-0.1, -0.05) is 0 Å². The number of nitrogens with zero attached hydrogens (tertiary/aromatic N) is 2. The molecule has 0 saturated heterocycles. The van der Waals surface area contributed by atoms with E-state index in [2.05, 4.69) is 15.3 Å². The van der Waals surface area contributed by atoms with Gasteiger partial charge in [-0.2, -0.15) is 0 Å². The van der Waals surface area contributed by atoms with Crippen LogP contribution in [0.2, 0.25) is 0 Å². The first-order chi connectivity index (χ1) is 12.7. The highest BCUT2D eigenvalue weighted by molar-refractivity contribution is 5.81. The molecule has 128 valence electrons. The van der Waals surface area contributed by atoms with Crippen LogP contribution in [0.5, 0.6) is 0 Å². The SMILES string of the molecule is CNc1ccc(-c2nc(-c3ccc(F)cc3)c(-c3ccncc3)[nH]2)cc1. The molecule has 5 heteroatoms. The number of halogens is 1. The third-order valence-corrected chi connectivity index (χ3v) is 4.24. The molecule has 26 heavy (non-hydrogen) atoms. The smallest absolute Gasteiger partial charge is 0.138 e. The number of benzene rings is 2. The molecule has 0 atom stereocenters. The van der Waals surface area contributed by atoms with Crippen molar-refractivity contribution in [2.75, 3.05) is 12.4 Å². The third kappa shape index (κ3) is 3.07. The number of aromatic nitrogens is 3. The summed E-state index contributed by atoms with van der Waals surface area (Å²) < 4.78 is 13.3. The van der Waals surface area contributed by atoms with E-state index in [0.29, 0.717) is 0 Å². The number of anilines is 1. The summed E-state index contributed by atoms with van der Waals surface area (Å²) in [6.07, 6.45) is 3.48. The van der Waals surface area contributed by atoms with E-state index in [9.17, 15) is 4.39 Å². The lowest BCUT2D eigenvalue weighted by Crippen LogP contribution is -1.87. The van der Waals surface area contributed by atoms with Crippen LogP contribution < -0.4 is 5.32 Å². The summed E-state index contributed by atoms with van der Waals surface area (Å²) in [5.41, 5.74) is 5.51. The van der Waals surface area contributed by atoms with Gasteiger partial charge in [0.25, 0.3) is 0 Å². The molecule has 4 aromatic rings. The Labute approximate surface area is 150 Å². The Morgan fingerprint density at radius 1 is 0.808 bits per heavy atom. The molecule has 2 heterocycles. The number of hydrogen-bond acceptors (Lipinski definition) is 3. The largest absolute Gasteiger partial charge is 0.388 e. The Hall–Kier alpha value is -3.47. The molecule has 0 fully saturated rings. The highest BCUT2D eigenvalue weighted by Gasteiger charge is 2.15. The first kappa shape index (κ1) is 16.0. The van der Waals surface area contributed by atoms with E-state index in [4.69, 9.17) is 4.98 Å². The average molecular weight is 344 g/mol. The van der Waals surface area contributed by atoms with Crippen LogP contribution in [0, 0.1) is 5.82 Å². The quantitative estimate of drug-likeness (QED) is 0.548. The maximum absolute atomic E-state index is 13.3. The van der Waals surface area contributed by atoms with Gasteiger partial charge in [0.15, 0.2) is 0 Å². The number of H-pyrrole nitrogens is 1. The van der Waals surface area contributed by atoms with Gasteiger partial charge in [0, 0.05) is 41.8 Å². The van der Waals surface area contributed by atoms with Gasteiger partial charge >= 0.3 is 0 Å². The standard InChI is InChI=1S/C21H17FN4/c1-23-18-8-4-16(5-9-18)21-25-19(14-2-6-17(22)7-3-14)20(26-21)15-10-12-24-13-11-15/h2-13,23H,1H3,(H,25,26). The van der Waals surface area contributed by atoms with Crippen LogP contribution in [0.15, 0.2) is 73.1 Å². The number of hydrogen-bond donors (Lipinski definition) is 2. The monoisotopic (exact) mass is 344 g/mol. The molecule has 0 saturated carbocycles. The minimum atomic E-state index is -0.266. The minimum Gasteiger partial charge on any atom is -0.388 e. The van der Waals surface area contributed by atoms with Crippen molar-refractivity contribution in [2.24, 2.45) is 0 Å². The van der Waals surface area contributed by atoms with Crippen LogP contribution in [0.4, 0.5) is 10.1 Å². The fourth-order valence-electron chi connectivity index (χ4n) is 2.85. The lowest BCUT2D eigenvalue weighted by molar-refractivity contribution is 0.628. The van der Waals surface area contributed by atoms with E-state index >= 15 is 0 Å². The number of nitrogens with one attached hydrogen (secondary N) is 2. The van der Waals surface area contributed by atoms with E-state index in [0.717, 1.165) is 39.6 Å². The number of aromatic amines is 1. The van der Waals surface area contributed by atoms with Crippen LogP contribution in [-0.2, 0) is 0 Å². The van der Waals surface area contributed by atoms with Gasteiger partial charge in [-0.3, -0.25) is 4.98 Å². The van der Waals surface area contributed by atoms with E-state index in [-0.39, 0.29) is 5.82 Å². The molecule has 4 rings (SSSR count). The molecule has 0 unspecified atom stereocenters. The van der Waals surface area contributed by atoms with Crippen molar-refractivity contribution in [1.29, 1.82) is 0 Å². The van der Waals surface area contributed by atoms with Gasteiger partial charge in [-0.15, -0.1) is 0 Å². The lowest BCUT2D eigenvalue weighted by atomic mass is 10.1. The summed E-state index contributed by atoms with van der Waals surface area (Å²) in [5.74, 6) is 0.497. The van der Waals surface area contributed by atoms with Crippen molar-refractivity contribution >= 4 is 5.69 Å². The van der Waals surface area contributed by atoms with Crippen molar-refractivity contribution < 1.29 is 4.39 Å². The van der Waals surface area contributed by atoms with Gasteiger partial charge in [0.2, 0.25) is 0 Å². The molecule has 0 aliphatic heterocycles. The molecule has 0 radical (unpaired) electrons. The lowest BCUT2D eigenvalue weighted by Gasteiger charge is -2.02. The zero-order valence-corrected chi connectivity index (χ0v) is 14.2. The van der Waals surface area contributed by atoms with Crippen LogP contribution >= 0.6 is 0 Å². The molecule has 4 nitrogen and oxygen atoms in total. The Kier molecular flexibility index (Phi) is 4.19. The molecule has 0 aliphatic carbocycles. The van der Waals surface area contributed by atoms with E-state index in [1.807, 2.05) is 43.4 Å². The topological polar surface area (TPSA) is 53.6 Å². The summed E-state index contributed by atoms with van der Waals surface area (Å²) in [5, 5.41) is 3.11. The van der Waals surface area contributed by atoms with Crippen molar-refractivity contribution in [2.45, 2.75) is 0 Å². The van der Waals surface area contributed by atoms with Crippen molar-refractivity contribution in [3.8, 4) is 33.9 Å². The van der Waals surface area contributed by atoms with Crippen molar-refractivity contribution in [1.82, 2.24) is 15.0 Å². The fraction of sp³-hybridized carbons (Fsp3) is 0.0476. The van der Waals surface area contributed by atoms with Crippen molar-refractivity contribution in [3.05, 3.63) is 78.9 Å². The average Bonchev–Trinajstić information content (AvgIpc) is 3.15. The van der Waals surface area contributed by atoms with Crippen molar-refractivity contribution in [3.63, 3.8) is 0 Å². The van der Waals surface area contributed by atoms with Gasteiger partial charge in [-0.25, -0.2) is 9.37 Å².